The van der Waals surface area contributed by atoms with Gasteiger partial charge in [0.15, 0.2) is 0 Å². The van der Waals surface area contributed by atoms with E-state index in [-0.39, 0.29) is 12.1 Å². The molecule has 1 aromatic heterocycles. The summed E-state index contributed by atoms with van der Waals surface area (Å²) in [5, 5.41) is 12.2. The highest BCUT2D eigenvalue weighted by molar-refractivity contribution is 5.50. The number of aliphatic hydroxyl groups is 1. The average Bonchev–Trinajstić information content (AvgIpc) is 2.86. The van der Waals surface area contributed by atoms with Crippen LogP contribution in [0, 0.1) is 0 Å². The maximum absolute atomic E-state index is 9.07. The van der Waals surface area contributed by atoms with Gasteiger partial charge >= 0.3 is 0 Å². The van der Waals surface area contributed by atoms with E-state index in [0.29, 0.717) is 5.69 Å². The van der Waals surface area contributed by atoms with Gasteiger partial charge in [0.1, 0.15) is 5.82 Å². The zero-order valence-electron chi connectivity index (χ0n) is 7.33. The summed E-state index contributed by atoms with van der Waals surface area (Å²) in [5.41, 5.74) is 6.16. The van der Waals surface area contributed by atoms with Gasteiger partial charge in [-0.15, -0.1) is 0 Å². The average molecular weight is 179 g/mol. The van der Waals surface area contributed by atoms with Gasteiger partial charge in [-0.25, -0.2) is 4.98 Å². The Bertz CT molecular complexity index is 309. The molecule has 1 aliphatic carbocycles. The van der Waals surface area contributed by atoms with Crippen molar-refractivity contribution in [2.75, 3.05) is 17.7 Å². The predicted octanol–water partition coefficient (Wildman–Crippen LogP) is 0.601. The van der Waals surface area contributed by atoms with Gasteiger partial charge in [-0.2, -0.15) is 0 Å². The number of nitrogens with zero attached hydrogens (tertiary/aromatic N) is 1. The fourth-order valence-corrected chi connectivity index (χ4v) is 1.26. The minimum Gasteiger partial charge on any atom is -0.399 e. The molecule has 0 saturated heterocycles. The maximum atomic E-state index is 9.07. The molecule has 0 amide bonds. The number of aromatic nitrogens is 1. The molecule has 0 aromatic carbocycles. The number of nitrogens with two attached hydrogens (primary N) is 1. The Balaban J connectivity index is 2.09. The number of nitrogens with one attached hydrogen (secondary N) is 1. The molecule has 0 aliphatic heterocycles. The molecule has 4 nitrogen and oxygen atoms in total. The first kappa shape index (κ1) is 8.31. The van der Waals surface area contributed by atoms with Gasteiger partial charge in [0, 0.05) is 18.0 Å². The molecule has 4 heteroatoms. The minimum atomic E-state index is -0.124. The van der Waals surface area contributed by atoms with Gasteiger partial charge in [-0.3, -0.25) is 0 Å². The molecule has 1 aromatic rings. The van der Waals surface area contributed by atoms with E-state index in [1.54, 1.807) is 18.3 Å². The van der Waals surface area contributed by atoms with Crippen LogP contribution in [0.15, 0.2) is 18.3 Å². The largest absolute Gasteiger partial charge is 0.399 e. The van der Waals surface area contributed by atoms with Gasteiger partial charge in [-0.1, -0.05) is 0 Å². The molecular formula is C9H13N3O. The fourth-order valence-electron chi connectivity index (χ4n) is 1.26. The Morgan fingerprint density at radius 3 is 2.92 bits per heavy atom. The highest BCUT2D eigenvalue weighted by Crippen LogP contribution is 2.37. The van der Waals surface area contributed by atoms with Gasteiger partial charge in [-0.05, 0) is 18.9 Å². The first-order valence-corrected chi connectivity index (χ1v) is 4.35. The van der Waals surface area contributed by atoms with Crippen molar-refractivity contribution in [3.8, 4) is 0 Å². The van der Waals surface area contributed by atoms with Gasteiger partial charge < -0.3 is 16.2 Å². The standard InChI is InChI=1S/C9H13N3O/c10-7-1-4-11-8(5-7)12-9(6-13)2-3-9/h1,4-5,13H,2-3,6H2,(H3,10,11,12). The Hall–Kier alpha value is -1.29. The molecule has 1 fully saturated rings. The normalized spacial score (nSPS) is 18.2. The van der Waals surface area contributed by atoms with Gasteiger partial charge in [0.05, 0.1) is 12.1 Å². The lowest BCUT2D eigenvalue weighted by molar-refractivity contribution is 0.266. The number of anilines is 2. The summed E-state index contributed by atoms with van der Waals surface area (Å²) in [6, 6.07) is 3.51. The van der Waals surface area contributed by atoms with Crippen LogP contribution < -0.4 is 11.1 Å². The van der Waals surface area contributed by atoms with Crippen LogP contribution in [0.2, 0.25) is 0 Å². The van der Waals surface area contributed by atoms with Crippen LogP contribution in [0.5, 0.6) is 0 Å². The Morgan fingerprint density at radius 2 is 2.38 bits per heavy atom. The third-order valence-electron chi connectivity index (χ3n) is 2.33. The molecule has 1 heterocycles. The highest BCUT2D eigenvalue weighted by atomic mass is 16.3. The molecular weight excluding hydrogens is 166 g/mol. The summed E-state index contributed by atoms with van der Waals surface area (Å²) in [7, 11) is 0. The van der Waals surface area contributed by atoms with Crippen LogP contribution in [0.1, 0.15) is 12.8 Å². The Labute approximate surface area is 76.8 Å². The molecule has 2 rings (SSSR count). The zero-order chi connectivity index (χ0) is 9.31. The molecule has 0 unspecified atom stereocenters. The van der Waals surface area contributed by atoms with Gasteiger partial charge in [0.25, 0.3) is 0 Å². The third kappa shape index (κ3) is 1.72. The quantitative estimate of drug-likeness (QED) is 0.635. The van der Waals surface area contributed by atoms with Crippen molar-refractivity contribution in [2.24, 2.45) is 0 Å². The second kappa shape index (κ2) is 2.88. The predicted molar refractivity (Wildman–Crippen MR) is 51.3 cm³/mol. The van der Waals surface area contributed by atoms with Crippen LogP contribution in [0.4, 0.5) is 11.5 Å². The second-order valence-corrected chi connectivity index (χ2v) is 3.54. The number of pyridine rings is 1. The smallest absolute Gasteiger partial charge is 0.128 e. The van der Waals surface area contributed by atoms with E-state index >= 15 is 0 Å². The van der Waals surface area contributed by atoms with Crippen LogP contribution in [0.3, 0.4) is 0 Å². The SMILES string of the molecule is Nc1ccnc(NC2(CO)CC2)c1. The molecule has 0 spiro atoms. The minimum absolute atomic E-state index is 0.124. The number of rotatable bonds is 3. The summed E-state index contributed by atoms with van der Waals surface area (Å²) in [6.45, 7) is 0.156. The Morgan fingerprint density at radius 1 is 1.62 bits per heavy atom. The van der Waals surface area contributed by atoms with E-state index < -0.39 is 0 Å². The Kier molecular flexibility index (Phi) is 1.84. The van der Waals surface area contributed by atoms with Gasteiger partial charge in [0.2, 0.25) is 0 Å². The lowest BCUT2D eigenvalue weighted by atomic mass is 10.3. The molecule has 0 radical (unpaired) electrons. The van der Waals surface area contributed by atoms with E-state index in [2.05, 4.69) is 10.3 Å². The van der Waals surface area contributed by atoms with Crippen molar-refractivity contribution in [3.63, 3.8) is 0 Å². The van der Waals surface area contributed by atoms with Crippen molar-refractivity contribution >= 4 is 11.5 Å². The van der Waals surface area contributed by atoms with Crippen molar-refractivity contribution in [3.05, 3.63) is 18.3 Å². The van der Waals surface area contributed by atoms with E-state index in [9.17, 15) is 0 Å². The monoisotopic (exact) mass is 179 g/mol. The number of aliphatic hydroxyl groups excluding tert-OH is 1. The first-order chi connectivity index (χ1) is 6.24. The molecule has 13 heavy (non-hydrogen) atoms. The van der Waals surface area contributed by atoms with E-state index in [1.807, 2.05) is 0 Å². The number of nitrogen functional groups attached to an aromatic ring is 1. The van der Waals surface area contributed by atoms with Crippen molar-refractivity contribution < 1.29 is 5.11 Å². The lowest BCUT2D eigenvalue weighted by Crippen LogP contribution is -2.26. The van der Waals surface area contributed by atoms with Crippen LogP contribution in [-0.4, -0.2) is 22.2 Å². The second-order valence-electron chi connectivity index (χ2n) is 3.54. The van der Waals surface area contributed by atoms with Crippen molar-refractivity contribution in [2.45, 2.75) is 18.4 Å². The number of hydrogen-bond donors (Lipinski definition) is 3. The van der Waals surface area contributed by atoms with E-state index in [0.717, 1.165) is 18.7 Å². The maximum Gasteiger partial charge on any atom is 0.128 e. The van der Waals surface area contributed by atoms with Crippen molar-refractivity contribution in [1.29, 1.82) is 0 Å². The summed E-state index contributed by atoms with van der Waals surface area (Å²) in [6.07, 6.45) is 3.66. The molecule has 1 saturated carbocycles. The summed E-state index contributed by atoms with van der Waals surface area (Å²) < 4.78 is 0. The zero-order valence-corrected chi connectivity index (χ0v) is 7.33. The van der Waals surface area contributed by atoms with Crippen LogP contribution >= 0.6 is 0 Å². The van der Waals surface area contributed by atoms with Crippen LogP contribution in [0.25, 0.3) is 0 Å². The molecule has 1 aliphatic rings. The van der Waals surface area contributed by atoms with Crippen molar-refractivity contribution in [1.82, 2.24) is 4.98 Å². The first-order valence-electron chi connectivity index (χ1n) is 4.35. The summed E-state index contributed by atoms with van der Waals surface area (Å²) >= 11 is 0. The fraction of sp³-hybridized carbons (Fsp3) is 0.444. The summed E-state index contributed by atoms with van der Waals surface area (Å²) in [5.74, 6) is 0.742. The highest BCUT2D eigenvalue weighted by Gasteiger charge is 2.42. The molecule has 0 atom stereocenters. The molecule has 70 valence electrons. The third-order valence-corrected chi connectivity index (χ3v) is 2.33. The molecule has 0 bridgehead atoms. The summed E-state index contributed by atoms with van der Waals surface area (Å²) in [4.78, 5) is 4.11. The number of hydrogen-bond acceptors (Lipinski definition) is 4. The lowest BCUT2D eigenvalue weighted by Gasteiger charge is -2.14. The van der Waals surface area contributed by atoms with Crippen LogP contribution in [-0.2, 0) is 0 Å². The topological polar surface area (TPSA) is 71.2 Å². The van der Waals surface area contributed by atoms with E-state index in [4.69, 9.17) is 10.8 Å². The molecule has 4 N–H and O–H groups in total. The van der Waals surface area contributed by atoms with E-state index in [1.165, 1.54) is 0 Å².